The molecular formula is C18H25N5OS. The third kappa shape index (κ3) is 4.61. The summed E-state index contributed by atoms with van der Waals surface area (Å²) in [7, 11) is 1.99. The number of carbonyl (C=O) groups is 1. The second-order valence-electron chi connectivity index (χ2n) is 6.39. The molecule has 0 unspecified atom stereocenters. The minimum absolute atomic E-state index is 0.0141. The van der Waals surface area contributed by atoms with Crippen LogP contribution in [0.4, 0.5) is 0 Å². The van der Waals surface area contributed by atoms with Gasteiger partial charge in [0, 0.05) is 19.5 Å². The first-order chi connectivity index (χ1) is 12.1. The number of hydrogen-bond donors (Lipinski definition) is 2. The Morgan fingerprint density at radius 2 is 2.04 bits per heavy atom. The Kier molecular flexibility index (Phi) is 6.09. The highest BCUT2D eigenvalue weighted by Gasteiger charge is 2.23. The molecule has 1 aliphatic heterocycles. The van der Waals surface area contributed by atoms with E-state index in [1.54, 1.807) is 0 Å². The monoisotopic (exact) mass is 359 g/mol. The number of nitrogens with zero attached hydrogens (tertiary/aromatic N) is 3. The van der Waals surface area contributed by atoms with Crippen LogP contribution >= 0.6 is 11.8 Å². The first-order valence-electron chi connectivity index (χ1n) is 8.73. The third-order valence-electron chi connectivity index (χ3n) is 4.53. The zero-order chi connectivity index (χ0) is 17.6. The minimum Gasteiger partial charge on any atom is -0.351 e. The number of carbonyl (C=O) groups excluding carboxylic acids is 1. The summed E-state index contributed by atoms with van der Waals surface area (Å²) < 4.78 is 2.04. The Balaban J connectivity index is 1.56. The maximum Gasteiger partial charge on any atom is 0.233 e. The molecule has 1 aromatic carbocycles. The molecule has 2 N–H and O–H groups in total. The van der Waals surface area contributed by atoms with E-state index in [0.29, 0.717) is 12.5 Å². The van der Waals surface area contributed by atoms with Gasteiger partial charge in [0.15, 0.2) is 5.16 Å². The van der Waals surface area contributed by atoms with Gasteiger partial charge < -0.3 is 15.2 Å². The second-order valence-corrected chi connectivity index (χ2v) is 7.70. The maximum atomic E-state index is 12.3. The van der Waals surface area contributed by atoms with Crippen molar-refractivity contribution >= 4 is 17.7 Å². The van der Waals surface area contributed by atoms with Crippen molar-refractivity contribution in [2.24, 2.45) is 7.05 Å². The molecule has 1 fully saturated rings. The largest absolute Gasteiger partial charge is 0.351 e. The Bertz CT molecular complexity index is 697. The van der Waals surface area contributed by atoms with Crippen molar-refractivity contribution in [3.63, 3.8) is 0 Å². The van der Waals surface area contributed by atoms with Gasteiger partial charge in [0.05, 0.1) is 5.25 Å². The van der Waals surface area contributed by atoms with Gasteiger partial charge in [0.2, 0.25) is 5.91 Å². The second kappa shape index (κ2) is 8.49. The molecule has 25 heavy (non-hydrogen) atoms. The van der Waals surface area contributed by atoms with E-state index in [1.807, 2.05) is 48.9 Å². The molecule has 1 aliphatic rings. The van der Waals surface area contributed by atoms with Gasteiger partial charge in [-0.2, -0.15) is 0 Å². The summed E-state index contributed by atoms with van der Waals surface area (Å²) in [6, 6.07) is 9.93. The molecule has 7 heteroatoms. The van der Waals surface area contributed by atoms with Crippen LogP contribution in [0.1, 0.15) is 37.1 Å². The van der Waals surface area contributed by atoms with Crippen LogP contribution in [0, 0.1) is 0 Å². The molecule has 0 spiro atoms. The van der Waals surface area contributed by atoms with Crippen molar-refractivity contribution in [1.29, 1.82) is 0 Å². The molecule has 2 heterocycles. The third-order valence-corrected chi connectivity index (χ3v) is 5.67. The van der Waals surface area contributed by atoms with Crippen molar-refractivity contribution in [3.8, 4) is 0 Å². The van der Waals surface area contributed by atoms with Crippen LogP contribution < -0.4 is 10.6 Å². The maximum absolute atomic E-state index is 12.3. The van der Waals surface area contributed by atoms with E-state index < -0.39 is 0 Å². The summed E-state index contributed by atoms with van der Waals surface area (Å²) in [5.74, 6) is 1.50. The Hall–Kier alpha value is -1.86. The normalized spacial score (nSPS) is 16.6. The van der Waals surface area contributed by atoms with Crippen molar-refractivity contribution in [1.82, 2.24) is 25.4 Å². The molecule has 1 aromatic heterocycles. The van der Waals surface area contributed by atoms with Gasteiger partial charge in [-0.25, -0.2) is 0 Å². The van der Waals surface area contributed by atoms with Crippen LogP contribution in [0.25, 0.3) is 0 Å². The molecule has 3 rings (SSSR count). The highest BCUT2D eigenvalue weighted by molar-refractivity contribution is 8.00. The quantitative estimate of drug-likeness (QED) is 0.773. The van der Waals surface area contributed by atoms with Crippen molar-refractivity contribution in [3.05, 3.63) is 41.7 Å². The summed E-state index contributed by atoms with van der Waals surface area (Å²) >= 11 is 1.46. The summed E-state index contributed by atoms with van der Waals surface area (Å²) in [6.45, 7) is 4.50. The SMILES string of the molecule is C[C@H](Sc1nnc(C2CCNCC2)n1C)C(=O)NCc1ccccc1. The number of thioether (sulfide) groups is 1. The Morgan fingerprint density at radius 3 is 2.76 bits per heavy atom. The van der Waals surface area contributed by atoms with Crippen molar-refractivity contribution in [2.75, 3.05) is 13.1 Å². The summed E-state index contributed by atoms with van der Waals surface area (Å²) in [5, 5.41) is 15.6. The van der Waals surface area contributed by atoms with Gasteiger partial charge in [-0.3, -0.25) is 4.79 Å². The zero-order valence-corrected chi connectivity index (χ0v) is 15.6. The molecule has 134 valence electrons. The lowest BCUT2D eigenvalue weighted by Gasteiger charge is -2.21. The molecule has 0 aliphatic carbocycles. The number of amides is 1. The van der Waals surface area contributed by atoms with E-state index in [0.717, 1.165) is 42.5 Å². The number of hydrogen-bond acceptors (Lipinski definition) is 5. The molecule has 0 bridgehead atoms. The number of rotatable bonds is 6. The molecule has 6 nitrogen and oxygen atoms in total. The van der Waals surface area contributed by atoms with Crippen molar-refractivity contribution < 1.29 is 4.79 Å². The van der Waals surface area contributed by atoms with Gasteiger partial charge in [0.1, 0.15) is 5.82 Å². The molecule has 1 amide bonds. The van der Waals surface area contributed by atoms with Crippen LogP contribution in [-0.4, -0.2) is 39.0 Å². The Morgan fingerprint density at radius 1 is 1.32 bits per heavy atom. The van der Waals surface area contributed by atoms with Gasteiger partial charge in [-0.1, -0.05) is 42.1 Å². The molecule has 0 saturated carbocycles. The fourth-order valence-electron chi connectivity index (χ4n) is 3.00. The topological polar surface area (TPSA) is 71.8 Å². The van der Waals surface area contributed by atoms with E-state index in [4.69, 9.17) is 0 Å². The molecule has 1 atom stereocenters. The highest BCUT2D eigenvalue weighted by Crippen LogP contribution is 2.28. The molecule has 2 aromatic rings. The zero-order valence-electron chi connectivity index (χ0n) is 14.7. The van der Waals surface area contributed by atoms with Gasteiger partial charge in [0.25, 0.3) is 0 Å². The van der Waals surface area contributed by atoms with E-state index >= 15 is 0 Å². The van der Waals surface area contributed by atoms with Gasteiger partial charge in [-0.05, 0) is 38.4 Å². The fraction of sp³-hybridized carbons (Fsp3) is 0.500. The summed E-state index contributed by atoms with van der Waals surface area (Å²) in [6.07, 6.45) is 2.17. The average molecular weight is 359 g/mol. The van der Waals surface area contributed by atoms with E-state index in [2.05, 4.69) is 20.8 Å². The predicted octanol–water partition coefficient (Wildman–Crippen LogP) is 2.08. The average Bonchev–Trinajstić information content (AvgIpc) is 3.01. The van der Waals surface area contributed by atoms with Gasteiger partial charge >= 0.3 is 0 Å². The van der Waals surface area contributed by atoms with E-state index in [9.17, 15) is 4.79 Å². The lowest BCUT2D eigenvalue weighted by molar-refractivity contribution is -0.120. The summed E-state index contributed by atoms with van der Waals surface area (Å²) in [5.41, 5.74) is 1.10. The van der Waals surface area contributed by atoms with Crippen LogP contribution in [0.5, 0.6) is 0 Å². The van der Waals surface area contributed by atoms with Crippen LogP contribution in [0.15, 0.2) is 35.5 Å². The fourth-order valence-corrected chi connectivity index (χ4v) is 3.85. The highest BCUT2D eigenvalue weighted by atomic mass is 32.2. The molecule has 0 radical (unpaired) electrons. The number of nitrogens with one attached hydrogen (secondary N) is 2. The van der Waals surface area contributed by atoms with E-state index in [1.165, 1.54) is 11.8 Å². The number of piperidine rings is 1. The molecule has 1 saturated heterocycles. The lowest BCUT2D eigenvalue weighted by Crippen LogP contribution is -2.30. The summed E-state index contributed by atoms with van der Waals surface area (Å²) in [4.78, 5) is 12.3. The number of benzene rings is 1. The van der Waals surface area contributed by atoms with Crippen LogP contribution in [0.2, 0.25) is 0 Å². The van der Waals surface area contributed by atoms with E-state index in [-0.39, 0.29) is 11.2 Å². The van der Waals surface area contributed by atoms with Gasteiger partial charge in [-0.15, -0.1) is 10.2 Å². The smallest absolute Gasteiger partial charge is 0.233 e. The lowest BCUT2D eigenvalue weighted by atomic mass is 9.97. The Labute approximate surface area is 152 Å². The number of aromatic nitrogens is 3. The molecular weight excluding hydrogens is 334 g/mol. The standard InChI is InChI=1S/C18H25N5OS/c1-13(17(24)20-12-14-6-4-3-5-7-14)25-18-22-21-16(23(18)2)15-8-10-19-11-9-15/h3-7,13,15,19H,8-12H2,1-2H3,(H,20,24)/t13-/m0/s1. The first kappa shape index (κ1) is 17.9. The predicted molar refractivity (Wildman–Crippen MR) is 99.5 cm³/mol. The van der Waals surface area contributed by atoms with Crippen LogP contribution in [-0.2, 0) is 18.4 Å². The minimum atomic E-state index is -0.215. The van der Waals surface area contributed by atoms with Crippen molar-refractivity contribution in [2.45, 2.75) is 42.6 Å². The first-order valence-corrected chi connectivity index (χ1v) is 9.61. The van der Waals surface area contributed by atoms with Crippen LogP contribution in [0.3, 0.4) is 0 Å².